The number of hydrogen-bond acceptors (Lipinski definition) is 4. The monoisotopic (exact) mass is 337 g/mol. The number of sulfonamides is 1. The molecular formula is C17H27N3O2S. The average Bonchev–Trinajstić information content (AvgIpc) is 2.93. The minimum atomic E-state index is -3.21. The lowest BCUT2D eigenvalue weighted by Gasteiger charge is -2.34. The van der Waals surface area contributed by atoms with Gasteiger partial charge in [0.2, 0.25) is 10.0 Å². The fourth-order valence-electron chi connectivity index (χ4n) is 3.58. The van der Waals surface area contributed by atoms with Crippen LogP contribution in [-0.4, -0.2) is 50.3 Å². The second kappa shape index (κ2) is 6.51. The molecule has 0 amide bonds. The molecule has 6 heteroatoms. The zero-order chi connectivity index (χ0) is 16.5. The zero-order valence-corrected chi connectivity index (χ0v) is 14.8. The largest absolute Gasteiger partial charge is 0.303 e. The van der Waals surface area contributed by atoms with Crippen molar-refractivity contribution in [3.63, 3.8) is 0 Å². The first-order valence-corrected chi connectivity index (χ1v) is 9.99. The Morgan fingerprint density at radius 3 is 2.43 bits per heavy atom. The number of hydrogen-bond donors (Lipinski definition) is 2. The molecular weight excluding hydrogens is 310 g/mol. The summed E-state index contributed by atoms with van der Waals surface area (Å²) in [5.74, 6) is 0.645. The van der Waals surface area contributed by atoms with E-state index in [9.17, 15) is 8.42 Å². The third-order valence-electron chi connectivity index (χ3n) is 5.05. The van der Waals surface area contributed by atoms with Gasteiger partial charge in [0.1, 0.15) is 0 Å². The van der Waals surface area contributed by atoms with E-state index in [-0.39, 0.29) is 11.3 Å². The van der Waals surface area contributed by atoms with Gasteiger partial charge in [0.05, 0.1) is 5.75 Å². The SMILES string of the molecule is Cc1ccc(C2CCN(S(=O)(=O)C[C@]3(C)CNCN3)CC2)cc1. The number of nitrogens with one attached hydrogen (secondary N) is 2. The molecule has 2 saturated heterocycles. The lowest BCUT2D eigenvalue weighted by molar-refractivity contribution is 0.315. The molecule has 2 heterocycles. The van der Waals surface area contributed by atoms with Crippen molar-refractivity contribution in [3.05, 3.63) is 35.4 Å². The van der Waals surface area contributed by atoms with E-state index in [1.165, 1.54) is 11.1 Å². The number of nitrogens with zero attached hydrogens (tertiary/aromatic N) is 1. The van der Waals surface area contributed by atoms with Crippen LogP contribution in [0.1, 0.15) is 36.8 Å². The molecule has 1 atom stereocenters. The quantitative estimate of drug-likeness (QED) is 0.872. The van der Waals surface area contributed by atoms with Crippen molar-refractivity contribution in [1.82, 2.24) is 14.9 Å². The van der Waals surface area contributed by atoms with E-state index >= 15 is 0 Å². The maximum atomic E-state index is 12.7. The number of piperidine rings is 1. The number of benzene rings is 1. The molecule has 0 spiro atoms. The molecule has 3 rings (SSSR count). The Labute approximate surface area is 139 Å². The Kier molecular flexibility index (Phi) is 4.78. The van der Waals surface area contributed by atoms with Crippen LogP contribution in [0.25, 0.3) is 0 Å². The maximum Gasteiger partial charge on any atom is 0.215 e. The van der Waals surface area contributed by atoms with Gasteiger partial charge in [-0.15, -0.1) is 0 Å². The highest BCUT2D eigenvalue weighted by Gasteiger charge is 2.37. The summed E-state index contributed by atoms with van der Waals surface area (Å²) in [6, 6.07) is 8.63. The predicted octanol–water partition coefficient (Wildman–Crippen LogP) is 1.41. The highest BCUT2D eigenvalue weighted by molar-refractivity contribution is 7.89. The summed E-state index contributed by atoms with van der Waals surface area (Å²) in [6.45, 7) is 6.71. The second-order valence-electron chi connectivity index (χ2n) is 7.18. The molecule has 0 aromatic heterocycles. The highest BCUT2D eigenvalue weighted by atomic mass is 32.2. The van der Waals surface area contributed by atoms with Crippen molar-refractivity contribution in [2.75, 3.05) is 32.1 Å². The first-order chi connectivity index (χ1) is 10.9. The van der Waals surface area contributed by atoms with Crippen LogP contribution in [0.3, 0.4) is 0 Å². The van der Waals surface area contributed by atoms with Gasteiger partial charge >= 0.3 is 0 Å². The van der Waals surface area contributed by atoms with Gasteiger partial charge in [-0.05, 0) is 38.2 Å². The third-order valence-corrected chi connectivity index (χ3v) is 7.21. The van der Waals surface area contributed by atoms with Crippen LogP contribution in [0, 0.1) is 6.92 Å². The second-order valence-corrected chi connectivity index (χ2v) is 9.15. The van der Waals surface area contributed by atoms with Crippen LogP contribution in [-0.2, 0) is 10.0 Å². The van der Waals surface area contributed by atoms with Gasteiger partial charge in [0, 0.05) is 31.8 Å². The fourth-order valence-corrected chi connectivity index (χ4v) is 5.54. The van der Waals surface area contributed by atoms with Crippen molar-refractivity contribution >= 4 is 10.0 Å². The Balaban J connectivity index is 1.60. The summed E-state index contributed by atoms with van der Waals surface area (Å²) in [6.07, 6.45) is 1.81. The Morgan fingerprint density at radius 1 is 1.22 bits per heavy atom. The average molecular weight is 337 g/mol. The van der Waals surface area contributed by atoms with Crippen LogP contribution in [0.15, 0.2) is 24.3 Å². The van der Waals surface area contributed by atoms with Crippen molar-refractivity contribution < 1.29 is 8.42 Å². The molecule has 0 bridgehead atoms. The van der Waals surface area contributed by atoms with Gasteiger partial charge in [-0.3, -0.25) is 5.32 Å². The number of aryl methyl sites for hydroxylation is 1. The minimum Gasteiger partial charge on any atom is -0.303 e. The predicted molar refractivity (Wildman–Crippen MR) is 92.9 cm³/mol. The van der Waals surface area contributed by atoms with Gasteiger partial charge in [0.15, 0.2) is 0 Å². The van der Waals surface area contributed by atoms with Crippen molar-refractivity contribution in [1.29, 1.82) is 0 Å². The first kappa shape index (κ1) is 16.9. The Morgan fingerprint density at radius 2 is 1.87 bits per heavy atom. The van der Waals surface area contributed by atoms with E-state index < -0.39 is 10.0 Å². The van der Waals surface area contributed by atoms with Gasteiger partial charge in [0.25, 0.3) is 0 Å². The fraction of sp³-hybridized carbons (Fsp3) is 0.647. The molecule has 2 fully saturated rings. The molecule has 0 unspecified atom stereocenters. The van der Waals surface area contributed by atoms with Gasteiger partial charge in [-0.1, -0.05) is 29.8 Å². The summed E-state index contributed by atoms with van der Waals surface area (Å²) < 4.78 is 27.1. The van der Waals surface area contributed by atoms with Crippen molar-refractivity contribution in [2.24, 2.45) is 0 Å². The van der Waals surface area contributed by atoms with Gasteiger partial charge in [-0.25, -0.2) is 12.7 Å². The molecule has 1 aromatic carbocycles. The summed E-state index contributed by atoms with van der Waals surface area (Å²) in [5, 5.41) is 6.43. The van der Waals surface area contributed by atoms with Crippen molar-refractivity contribution in [3.8, 4) is 0 Å². The minimum absolute atomic E-state index is 0.169. The van der Waals surface area contributed by atoms with E-state index in [0.717, 1.165) is 12.8 Å². The van der Waals surface area contributed by atoms with Crippen LogP contribution in [0.5, 0.6) is 0 Å². The normalized spacial score (nSPS) is 27.4. The molecule has 1 aromatic rings. The van der Waals surface area contributed by atoms with E-state index in [1.807, 2.05) is 6.92 Å². The molecule has 0 radical (unpaired) electrons. The zero-order valence-electron chi connectivity index (χ0n) is 14.0. The molecule has 2 N–H and O–H groups in total. The van der Waals surface area contributed by atoms with E-state index in [1.54, 1.807) is 4.31 Å². The van der Waals surface area contributed by atoms with E-state index in [0.29, 0.717) is 32.2 Å². The topological polar surface area (TPSA) is 61.4 Å². The molecule has 5 nitrogen and oxygen atoms in total. The molecule has 2 aliphatic rings. The Hall–Kier alpha value is -0.950. The van der Waals surface area contributed by atoms with Crippen LogP contribution in [0.2, 0.25) is 0 Å². The molecule has 0 saturated carbocycles. The number of rotatable bonds is 4. The summed E-state index contributed by atoms with van der Waals surface area (Å²) >= 11 is 0. The first-order valence-electron chi connectivity index (χ1n) is 8.38. The smallest absolute Gasteiger partial charge is 0.215 e. The van der Waals surface area contributed by atoms with Gasteiger partial charge in [-0.2, -0.15) is 0 Å². The van der Waals surface area contributed by atoms with Crippen LogP contribution in [0.4, 0.5) is 0 Å². The maximum absolute atomic E-state index is 12.7. The summed E-state index contributed by atoms with van der Waals surface area (Å²) in [5.41, 5.74) is 2.24. The third kappa shape index (κ3) is 3.94. The molecule has 128 valence electrons. The molecule has 0 aliphatic carbocycles. The van der Waals surface area contributed by atoms with Gasteiger partial charge < -0.3 is 5.32 Å². The van der Waals surface area contributed by atoms with Crippen LogP contribution >= 0.6 is 0 Å². The van der Waals surface area contributed by atoms with Crippen molar-refractivity contribution in [2.45, 2.75) is 38.1 Å². The summed E-state index contributed by atoms with van der Waals surface area (Å²) in [4.78, 5) is 0. The molecule has 2 aliphatic heterocycles. The Bertz CT molecular complexity index is 628. The lowest BCUT2D eigenvalue weighted by atomic mass is 9.90. The van der Waals surface area contributed by atoms with E-state index in [4.69, 9.17) is 0 Å². The molecule has 23 heavy (non-hydrogen) atoms. The lowest BCUT2D eigenvalue weighted by Crippen LogP contribution is -2.50. The van der Waals surface area contributed by atoms with Crippen LogP contribution < -0.4 is 10.6 Å². The highest BCUT2D eigenvalue weighted by Crippen LogP contribution is 2.30. The standard InChI is InChI=1S/C17H27N3O2S/c1-14-3-5-15(6-4-14)16-7-9-20(10-8-16)23(21,22)12-17(2)11-18-13-19-17/h3-6,16,18-19H,7-13H2,1-2H3/t17-/m0/s1. The van der Waals surface area contributed by atoms with E-state index in [2.05, 4.69) is 41.8 Å². The summed E-state index contributed by atoms with van der Waals surface area (Å²) in [7, 11) is -3.21.